The Labute approximate surface area is 254 Å². The number of hydrogen-bond donors (Lipinski definition) is 0. The van der Waals surface area contributed by atoms with Gasteiger partial charge in [-0.05, 0) is 67.4 Å². The molecule has 1 aliphatic carbocycles. The number of ketones is 1. The van der Waals surface area contributed by atoms with Crippen molar-refractivity contribution in [2.75, 3.05) is 6.54 Å². The number of carbonyl (C=O) groups excluding carboxylic acids is 5. The molecule has 3 aromatic rings. The minimum Gasteiger partial charge on any atom is -0.423 e. The van der Waals surface area contributed by atoms with Crippen molar-refractivity contribution in [3.05, 3.63) is 116 Å². The number of allylic oxidation sites excluding steroid dienone is 2. The first-order chi connectivity index (χ1) is 20.5. The number of amides is 3. The van der Waals surface area contributed by atoms with E-state index in [0.717, 1.165) is 10.0 Å². The Morgan fingerprint density at radius 1 is 0.837 bits per heavy atom. The largest absolute Gasteiger partial charge is 0.423 e. The predicted molar refractivity (Wildman–Crippen MR) is 154 cm³/mol. The summed E-state index contributed by atoms with van der Waals surface area (Å²) in [4.78, 5) is 76.3. The summed E-state index contributed by atoms with van der Waals surface area (Å²) in [5, 5.41) is 12.7. The van der Waals surface area contributed by atoms with E-state index in [-0.39, 0.29) is 38.2 Å². The fourth-order valence-electron chi connectivity index (χ4n) is 4.85. The monoisotopic (exact) mass is 621 g/mol. The number of non-ortho nitro benzene ring substituents is 1. The van der Waals surface area contributed by atoms with Crippen molar-refractivity contribution in [3.8, 4) is 5.75 Å². The van der Waals surface area contributed by atoms with Gasteiger partial charge in [-0.25, -0.2) is 9.80 Å². The summed E-state index contributed by atoms with van der Waals surface area (Å²) in [5.41, 5.74) is 0.0290. The van der Waals surface area contributed by atoms with E-state index in [1.807, 2.05) is 12.2 Å². The van der Waals surface area contributed by atoms with Crippen molar-refractivity contribution in [2.45, 2.75) is 12.8 Å². The van der Waals surface area contributed by atoms with Gasteiger partial charge in [0.25, 0.3) is 23.4 Å². The third kappa shape index (κ3) is 6.04. The maximum atomic E-state index is 13.6. The van der Waals surface area contributed by atoms with E-state index >= 15 is 0 Å². The smallest absolute Gasteiger partial charge is 0.343 e. The van der Waals surface area contributed by atoms with Gasteiger partial charge in [0.1, 0.15) is 12.3 Å². The van der Waals surface area contributed by atoms with E-state index in [0.29, 0.717) is 12.8 Å². The second kappa shape index (κ2) is 12.2. The fourth-order valence-corrected chi connectivity index (χ4v) is 5.15. The van der Waals surface area contributed by atoms with Crippen molar-refractivity contribution in [2.24, 2.45) is 11.8 Å². The van der Waals surface area contributed by atoms with Crippen LogP contribution < -0.4 is 4.74 Å². The lowest BCUT2D eigenvalue weighted by Gasteiger charge is -2.30. The van der Waals surface area contributed by atoms with Crippen molar-refractivity contribution in [3.63, 3.8) is 0 Å². The van der Waals surface area contributed by atoms with Gasteiger partial charge in [-0.15, -0.1) is 0 Å². The molecule has 0 spiro atoms. The van der Waals surface area contributed by atoms with Crippen LogP contribution in [0.1, 0.15) is 43.9 Å². The summed E-state index contributed by atoms with van der Waals surface area (Å²) in [6, 6.07) is 14.3. The Kier molecular flexibility index (Phi) is 8.38. The van der Waals surface area contributed by atoms with E-state index in [2.05, 4.69) is 0 Å². The maximum Gasteiger partial charge on any atom is 0.343 e. The molecular weight excluding hydrogens is 601 g/mol. The molecule has 2 aliphatic rings. The minimum atomic E-state index is -0.797. The van der Waals surface area contributed by atoms with Crippen molar-refractivity contribution < 1.29 is 33.6 Å². The van der Waals surface area contributed by atoms with E-state index < -0.39 is 52.8 Å². The van der Waals surface area contributed by atoms with Crippen LogP contribution in [-0.4, -0.2) is 51.0 Å². The van der Waals surface area contributed by atoms with E-state index in [4.69, 9.17) is 27.9 Å². The zero-order valence-electron chi connectivity index (χ0n) is 22.1. The molecule has 1 aliphatic heterocycles. The third-order valence-corrected chi connectivity index (χ3v) is 7.86. The molecule has 0 saturated carbocycles. The summed E-state index contributed by atoms with van der Waals surface area (Å²) in [6.07, 6.45) is 4.30. The van der Waals surface area contributed by atoms with Gasteiger partial charge in [0, 0.05) is 23.3 Å². The number of nitrogens with zero attached hydrogens (tertiary/aromatic N) is 3. The molecule has 0 aromatic heterocycles. The zero-order valence-corrected chi connectivity index (χ0v) is 23.7. The fraction of sp³-hybridized carbons (Fsp3) is 0.167. The summed E-state index contributed by atoms with van der Waals surface area (Å²) in [6.45, 7) is -0.647. The molecule has 2 atom stereocenters. The highest BCUT2D eigenvalue weighted by Crippen LogP contribution is 2.36. The first kappa shape index (κ1) is 29.6. The highest BCUT2D eigenvalue weighted by molar-refractivity contribution is 6.42. The molecule has 1 saturated heterocycles. The van der Waals surface area contributed by atoms with Gasteiger partial charge in [0.15, 0.2) is 5.78 Å². The van der Waals surface area contributed by atoms with Gasteiger partial charge in [-0.3, -0.25) is 29.3 Å². The van der Waals surface area contributed by atoms with E-state index in [1.54, 1.807) is 0 Å². The van der Waals surface area contributed by atoms with Crippen molar-refractivity contribution in [1.82, 2.24) is 10.0 Å². The highest BCUT2D eigenvalue weighted by atomic mass is 35.5. The van der Waals surface area contributed by atoms with Crippen LogP contribution in [0.5, 0.6) is 5.75 Å². The third-order valence-electron chi connectivity index (χ3n) is 7.12. The van der Waals surface area contributed by atoms with Crippen LogP contribution in [0.4, 0.5) is 5.69 Å². The number of hydrazine groups is 1. The molecule has 0 radical (unpaired) electrons. The standard InChI is InChI=1S/C30H21Cl2N3O8/c31-24-14-9-19(15-25(24)32)27(37)33(34-28(38)22-3-1-2-4-23(22)29(34)39)16-26(36)17-7-12-21(13-8-17)43-30(40)18-5-10-20(11-6-18)35(41)42/h1-2,5-15,22-23H,3-4,16H2/t22-,23-/m0/s1. The number of nitro groups is 1. The Morgan fingerprint density at radius 3 is 1.95 bits per heavy atom. The Balaban J connectivity index is 1.36. The molecule has 3 aromatic carbocycles. The average molecular weight is 622 g/mol. The molecule has 0 N–H and O–H groups in total. The van der Waals surface area contributed by atoms with Crippen LogP contribution in [0.25, 0.3) is 0 Å². The van der Waals surface area contributed by atoms with Crippen molar-refractivity contribution >= 4 is 58.4 Å². The Morgan fingerprint density at radius 2 is 1.40 bits per heavy atom. The quantitative estimate of drug-likeness (QED) is 0.0625. The van der Waals surface area contributed by atoms with Gasteiger partial charge in [0.2, 0.25) is 0 Å². The minimum absolute atomic E-state index is 0.0179. The Hall–Kier alpha value is -4.87. The molecule has 218 valence electrons. The molecule has 5 rings (SSSR count). The van der Waals surface area contributed by atoms with Crippen LogP contribution in [0.15, 0.2) is 78.9 Å². The van der Waals surface area contributed by atoms with E-state index in [1.165, 1.54) is 66.7 Å². The molecule has 13 heteroatoms. The molecule has 1 fully saturated rings. The number of halogens is 2. The molecule has 1 heterocycles. The zero-order chi connectivity index (χ0) is 30.8. The number of esters is 1. The normalized spacial score (nSPS) is 17.4. The second-order valence-electron chi connectivity index (χ2n) is 9.78. The number of benzene rings is 3. The lowest BCUT2D eigenvalue weighted by molar-refractivity contribution is -0.384. The first-order valence-corrected chi connectivity index (χ1v) is 13.7. The van der Waals surface area contributed by atoms with E-state index in [9.17, 15) is 34.1 Å². The van der Waals surface area contributed by atoms with Gasteiger partial charge in [-0.1, -0.05) is 35.4 Å². The molecule has 43 heavy (non-hydrogen) atoms. The predicted octanol–water partition coefficient (Wildman–Crippen LogP) is 5.31. The summed E-state index contributed by atoms with van der Waals surface area (Å²) < 4.78 is 5.29. The summed E-state index contributed by atoms with van der Waals surface area (Å²) >= 11 is 12.1. The lowest BCUT2D eigenvalue weighted by atomic mass is 9.85. The van der Waals surface area contributed by atoms with Gasteiger partial charge >= 0.3 is 5.97 Å². The number of hydrogen-bond acceptors (Lipinski definition) is 8. The number of nitro benzene ring substituents is 1. The number of rotatable bonds is 8. The number of ether oxygens (including phenoxy) is 1. The van der Waals surface area contributed by atoms with Gasteiger partial charge in [0.05, 0.1) is 32.4 Å². The molecule has 11 nitrogen and oxygen atoms in total. The number of carbonyl (C=O) groups is 5. The molecule has 0 bridgehead atoms. The van der Waals surface area contributed by atoms with Crippen LogP contribution in [0.3, 0.4) is 0 Å². The number of Topliss-reactive ketones (excluding diaryl/α,β-unsaturated/α-hetero) is 1. The molecule has 0 unspecified atom stereocenters. The van der Waals surface area contributed by atoms with Gasteiger partial charge < -0.3 is 4.74 Å². The molecular formula is C30H21Cl2N3O8. The second-order valence-corrected chi connectivity index (χ2v) is 10.6. The SMILES string of the molecule is O=C(CN(C(=O)c1ccc(Cl)c(Cl)c1)N1C(=O)[C@H]2CC=CC[C@@H]2C1=O)c1ccc(OC(=O)c2ccc([N+](=O)[O-])cc2)cc1. The summed E-state index contributed by atoms with van der Waals surface area (Å²) in [7, 11) is 0. The average Bonchev–Trinajstić information content (AvgIpc) is 3.26. The summed E-state index contributed by atoms with van der Waals surface area (Å²) in [5.74, 6) is -4.50. The van der Waals surface area contributed by atoms with Crippen LogP contribution >= 0.6 is 23.2 Å². The highest BCUT2D eigenvalue weighted by Gasteiger charge is 2.51. The van der Waals surface area contributed by atoms with Crippen LogP contribution in [-0.2, 0) is 9.59 Å². The first-order valence-electron chi connectivity index (χ1n) is 12.9. The van der Waals surface area contributed by atoms with Crippen LogP contribution in [0, 0.1) is 22.0 Å². The van der Waals surface area contributed by atoms with Gasteiger partial charge in [-0.2, -0.15) is 5.01 Å². The number of imide groups is 1. The maximum absolute atomic E-state index is 13.6. The lowest BCUT2D eigenvalue weighted by Crippen LogP contribution is -2.52. The Bertz CT molecular complexity index is 1660. The van der Waals surface area contributed by atoms with Crippen molar-refractivity contribution in [1.29, 1.82) is 0 Å². The molecule has 3 amide bonds. The van der Waals surface area contributed by atoms with Crippen LogP contribution in [0.2, 0.25) is 10.0 Å². The number of fused-ring (bicyclic) bond motifs is 1. The topological polar surface area (TPSA) is 144 Å².